The van der Waals surface area contributed by atoms with Gasteiger partial charge in [0, 0.05) is 24.7 Å². The van der Waals surface area contributed by atoms with Gasteiger partial charge in [-0.15, -0.1) is 0 Å². The van der Waals surface area contributed by atoms with Gasteiger partial charge < -0.3 is 5.11 Å². The van der Waals surface area contributed by atoms with Crippen LogP contribution in [0.3, 0.4) is 0 Å². The highest BCUT2D eigenvalue weighted by molar-refractivity contribution is 7.91. The van der Waals surface area contributed by atoms with Gasteiger partial charge in [0.2, 0.25) is 0 Å². The third-order valence-electron chi connectivity index (χ3n) is 3.71. The smallest absolute Gasteiger partial charge is 0.163 e. The van der Waals surface area contributed by atoms with Crippen molar-refractivity contribution in [1.29, 1.82) is 0 Å². The lowest BCUT2D eigenvalue weighted by atomic mass is 10.0. The van der Waals surface area contributed by atoms with Crippen LogP contribution in [-0.2, 0) is 16.4 Å². The fraction of sp³-hybridized carbons (Fsp3) is 0.500. The number of Topliss-reactive ketones (excluding diaryl/α,β-unsaturated/α-hetero) is 1. The number of carbonyl (C=O) groups is 1. The van der Waals surface area contributed by atoms with Crippen LogP contribution in [0.5, 0.6) is 5.75 Å². The quantitative estimate of drug-likeness (QED) is 0.852. The zero-order valence-electron chi connectivity index (χ0n) is 12.0. The van der Waals surface area contributed by atoms with Gasteiger partial charge in [-0.05, 0) is 26.0 Å². The second kappa shape index (κ2) is 5.73. The van der Waals surface area contributed by atoms with Gasteiger partial charge in [-0.2, -0.15) is 0 Å². The molecular weight excluding hydrogens is 297 g/mol. The van der Waals surface area contributed by atoms with Crippen LogP contribution in [0.25, 0.3) is 0 Å². The summed E-state index contributed by atoms with van der Waals surface area (Å²) >= 11 is 0. The number of sulfone groups is 1. The van der Waals surface area contributed by atoms with Gasteiger partial charge in [-0.3, -0.25) is 9.69 Å². The van der Waals surface area contributed by atoms with Crippen molar-refractivity contribution in [3.8, 4) is 5.75 Å². The van der Waals surface area contributed by atoms with Crippen LogP contribution in [-0.4, -0.2) is 48.3 Å². The van der Waals surface area contributed by atoms with E-state index in [1.807, 2.05) is 4.90 Å². The maximum absolute atomic E-state index is 13.6. The second-order valence-electron chi connectivity index (χ2n) is 5.45. The first kappa shape index (κ1) is 15.9. The number of halogens is 1. The minimum Gasteiger partial charge on any atom is -0.507 e. The van der Waals surface area contributed by atoms with E-state index in [-0.39, 0.29) is 35.4 Å². The molecule has 1 fully saturated rings. The topological polar surface area (TPSA) is 74.7 Å². The average Bonchev–Trinajstić information content (AvgIpc) is 2.35. The third-order valence-corrected chi connectivity index (χ3v) is 5.51. The van der Waals surface area contributed by atoms with E-state index >= 15 is 0 Å². The summed E-state index contributed by atoms with van der Waals surface area (Å²) in [5.74, 6) is -1.15. The summed E-state index contributed by atoms with van der Waals surface area (Å²) in [6, 6.07) is 1.97. The standard InChI is InChI=1S/C14H18FNO4S/c1-9-8-21(19,20)4-3-16(9)7-11-5-12(15)6-13(10(2)17)14(11)18/h5-6,9,18H,3-4,7-8H2,1-2H3. The largest absolute Gasteiger partial charge is 0.507 e. The molecule has 5 nitrogen and oxygen atoms in total. The van der Waals surface area contributed by atoms with Crippen LogP contribution in [0.4, 0.5) is 4.39 Å². The highest BCUT2D eigenvalue weighted by atomic mass is 32.2. The molecule has 0 amide bonds. The molecule has 1 aliphatic heterocycles. The SMILES string of the molecule is CC(=O)c1cc(F)cc(CN2CCS(=O)(=O)CC2C)c1O. The second-order valence-corrected chi connectivity index (χ2v) is 7.68. The summed E-state index contributed by atoms with van der Waals surface area (Å²) in [4.78, 5) is 13.3. The minimum atomic E-state index is -3.03. The molecule has 1 aromatic rings. The molecule has 1 aliphatic rings. The van der Waals surface area contributed by atoms with Crippen molar-refractivity contribution in [3.63, 3.8) is 0 Å². The number of phenolic OH excluding ortho intramolecular Hbond substituents is 1. The summed E-state index contributed by atoms with van der Waals surface area (Å²) in [6.07, 6.45) is 0. The van der Waals surface area contributed by atoms with Crippen LogP contribution < -0.4 is 0 Å². The van der Waals surface area contributed by atoms with Crippen molar-refractivity contribution in [2.45, 2.75) is 26.4 Å². The number of carbonyl (C=O) groups excluding carboxylic acids is 1. The van der Waals surface area contributed by atoms with E-state index in [2.05, 4.69) is 0 Å². The fourth-order valence-corrected chi connectivity index (χ4v) is 4.16. The van der Waals surface area contributed by atoms with Crippen LogP contribution in [0.1, 0.15) is 29.8 Å². The Morgan fingerprint density at radius 3 is 2.71 bits per heavy atom. The molecule has 1 N–H and O–H groups in total. The summed E-state index contributed by atoms with van der Waals surface area (Å²) in [7, 11) is -3.03. The normalized spacial score (nSPS) is 22.1. The van der Waals surface area contributed by atoms with E-state index in [4.69, 9.17) is 0 Å². The first-order valence-corrected chi connectivity index (χ1v) is 8.48. The number of ketones is 1. The molecule has 1 atom stereocenters. The van der Waals surface area contributed by atoms with Crippen LogP contribution in [0.15, 0.2) is 12.1 Å². The third kappa shape index (κ3) is 3.59. The van der Waals surface area contributed by atoms with E-state index in [1.54, 1.807) is 6.92 Å². The van der Waals surface area contributed by atoms with Crippen LogP contribution >= 0.6 is 0 Å². The number of hydrogen-bond donors (Lipinski definition) is 1. The predicted octanol–water partition coefficient (Wildman–Crippen LogP) is 1.35. The molecule has 0 aliphatic carbocycles. The van der Waals surface area contributed by atoms with E-state index in [9.17, 15) is 22.7 Å². The van der Waals surface area contributed by atoms with Crippen LogP contribution in [0.2, 0.25) is 0 Å². The predicted molar refractivity (Wildman–Crippen MR) is 76.6 cm³/mol. The molecular formula is C14H18FNO4S. The molecule has 0 radical (unpaired) electrons. The number of phenols is 1. The molecule has 1 saturated heterocycles. The lowest BCUT2D eigenvalue weighted by molar-refractivity contribution is 0.101. The number of nitrogens with zero attached hydrogens (tertiary/aromatic N) is 1. The highest BCUT2D eigenvalue weighted by Crippen LogP contribution is 2.27. The van der Waals surface area contributed by atoms with Crippen LogP contribution in [0, 0.1) is 5.82 Å². The van der Waals surface area contributed by atoms with E-state index < -0.39 is 21.4 Å². The Balaban J connectivity index is 2.26. The average molecular weight is 315 g/mol. The van der Waals surface area contributed by atoms with Crippen molar-refractivity contribution in [1.82, 2.24) is 4.90 Å². The first-order valence-electron chi connectivity index (χ1n) is 6.66. The Hall–Kier alpha value is -1.47. The van der Waals surface area contributed by atoms with E-state index in [0.717, 1.165) is 6.07 Å². The van der Waals surface area contributed by atoms with Crippen molar-refractivity contribution < 1.29 is 22.7 Å². The zero-order chi connectivity index (χ0) is 15.8. The fourth-order valence-electron chi connectivity index (χ4n) is 2.53. The lowest BCUT2D eigenvalue weighted by Crippen LogP contribution is -2.46. The molecule has 0 bridgehead atoms. The Kier molecular flexibility index (Phi) is 4.34. The molecule has 21 heavy (non-hydrogen) atoms. The van der Waals surface area contributed by atoms with E-state index in [1.165, 1.54) is 13.0 Å². The molecule has 7 heteroatoms. The maximum Gasteiger partial charge on any atom is 0.163 e. The Labute approximate surface area is 123 Å². The van der Waals surface area contributed by atoms with Crippen molar-refractivity contribution in [2.75, 3.05) is 18.1 Å². The highest BCUT2D eigenvalue weighted by Gasteiger charge is 2.29. The number of hydrogen-bond acceptors (Lipinski definition) is 5. The van der Waals surface area contributed by atoms with Crippen molar-refractivity contribution in [2.24, 2.45) is 0 Å². The number of benzene rings is 1. The molecule has 1 heterocycles. The Morgan fingerprint density at radius 1 is 1.48 bits per heavy atom. The summed E-state index contributed by atoms with van der Waals surface area (Å²) < 4.78 is 36.7. The molecule has 0 aromatic heterocycles. The van der Waals surface area contributed by atoms with Gasteiger partial charge in [0.15, 0.2) is 15.6 Å². The summed E-state index contributed by atoms with van der Waals surface area (Å²) in [5, 5.41) is 10.1. The van der Waals surface area contributed by atoms with Crippen molar-refractivity contribution >= 4 is 15.6 Å². The molecule has 1 unspecified atom stereocenters. The molecule has 0 spiro atoms. The molecule has 2 rings (SSSR count). The van der Waals surface area contributed by atoms with Gasteiger partial charge in [-0.1, -0.05) is 0 Å². The van der Waals surface area contributed by atoms with Gasteiger partial charge in [0.1, 0.15) is 11.6 Å². The molecule has 0 saturated carbocycles. The first-order chi connectivity index (χ1) is 9.69. The minimum absolute atomic E-state index is 0.0443. The summed E-state index contributed by atoms with van der Waals surface area (Å²) in [5.41, 5.74) is 0.244. The Morgan fingerprint density at radius 2 is 2.14 bits per heavy atom. The van der Waals surface area contributed by atoms with Gasteiger partial charge in [0.25, 0.3) is 0 Å². The van der Waals surface area contributed by atoms with Gasteiger partial charge >= 0.3 is 0 Å². The van der Waals surface area contributed by atoms with Crippen molar-refractivity contribution in [3.05, 3.63) is 29.1 Å². The number of aromatic hydroxyl groups is 1. The maximum atomic E-state index is 13.6. The van der Waals surface area contributed by atoms with Gasteiger partial charge in [-0.25, -0.2) is 12.8 Å². The lowest BCUT2D eigenvalue weighted by Gasteiger charge is -2.33. The monoisotopic (exact) mass is 315 g/mol. The van der Waals surface area contributed by atoms with Gasteiger partial charge in [0.05, 0.1) is 17.1 Å². The zero-order valence-corrected chi connectivity index (χ0v) is 12.8. The number of rotatable bonds is 3. The molecule has 1 aromatic carbocycles. The summed E-state index contributed by atoms with van der Waals surface area (Å²) in [6.45, 7) is 3.57. The van der Waals surface area contributed by atoms with E-state index in [0.29, 0.717) is 12.1 Å². The molecule has 116 valence electrons. The Bertz CT molecular complexity index is 672.